The summed E-state index contributed by atoms with van der Waals surface area (Å²) in [6.07, 6.45) is 0. The van der Waals surface area contributed by atoms with Crippen molar-refractivity contribution in [2.24, 2.45) is 0 Å². The maximum absolute atomic E-state index is 8.21. The Bertz CT molecular complexity index is 275. The molecule has 0 unspecified atom stereocenters. The Labute approximate surface area is 62.7 Å². The molecule has 6 nitrogen and oxygen atoms in total. The number of nitrogens with zero attached hydrogens (tertiary/aromatic N) is 2. The predicted octanol–water partition coefficient (Wildman–Crippen LogP) is -0.199. The molecule has 0 aliphatic carbocycles. The number of rotatable bonds is 1. The van der Waals surface area contributed by atoms with E-state index in [0.717, 1.165) is 0 Å². The van der Waals surface area contributed by atoms with E-state index in [4.69, 9.17) is 16.7 Å². The smallest absolute Gasteiger partial charge is 0.297 e. The van der Waals surface area contributed by atoms with E-state index in [0.29, 0.717) is 5.56 Å². The van der Waals surface area contributed by atoms with Crippen LogP contribution in [0.2, 0.25) is 0 Å². The van der Waals surface area contributed by atoms with Crippen LogP contribution in [0.5, 0.6) is 5.88 Å². The van der Waals surface area contributed by atoms with Crippen LogP contribution in [-0.4, -0.2) is 15.5 Å². The molecule has 1 heterocycles. The van der Waals surface area contributed by atoms with E-state index in [9.17, 15) is 0 Å². The van der Waals surface area contributed by atoms with Gasteiger partial charge in [0.15, 0.2) is 5.82 Å². The van der Waals surface area contributed by atoms with Crippen LogP contribution in [0.3, 0.4) is 0 Å². The first kappa shape index (κ1) is 7.55. The molecule has 6 heteroatoms. The Morgan fingerprint density at radius 2 is 2.00 bits per heavy atom. The van der Waals surface area contributed by atoms with Crippen LogP contribution in [0.15, 0.2) is 0 Å². The maximum Gasteiger partial charge on any atom is 0.297 e. The molecule has 5 N–H and O–H groups in total. The van der Waals surface area contributed by atoms with E-state index >= 15 is 0 Å². The second-order valence-corrected chi connectivity index (χ2v) is 2.02. The molecule has 0 amide bonds. The molecule has 11 heavy (non-hydrogen) atoms. The monoisotopic (exact) mass is 156 g/mol. The number of hydrogen-bond acceptors (Lipinski definition) is 6. The predicted molar refractivity (Wildman–Crippen MR) is 38.9 cm³/mol. The second-order valence-electron chi connectivity index (χ2n) is 2.02. The molecule has 0 spiro atoms. The van der Waals surface area contributed by atoms with Gasteiger partial charge in [0.2, 0.25) is 0 Å². The summed E-state index contributed by atoms with van der Waals surface area (Å²) in [6, 6.07) is 0. The summed E-state index contributed by atoms with van der Waals surface area (Å²) in [5, 5.41) is 15.1. The third-order valence-electron chi connectivity index (χ3n) is 1.35. The minimum Gasteiger partial charge on any atom is -0.394 e. The van der Waals surface area contributed by atoms with Crippen molar-refractivity contribution in [2.75, 3.05) is 11.5 Å². The molecule has 0 saturated heterocycles. The molecule has 0 aliphatic rings. The Hall–Kier alpha value is -1.56. The summed E-state index contributed by atoms with van der Waals surface area (Å²) in [7, 11) is 0. The van der Waals surface area contributed by atoms with Crippen LogP contribution in [0.4, 0.5) is 11.5 Å². The standard InChI is InChI=1S/C5H8N4O2/c1-2-3(6)5(11-10)9-8-4(2)7/h10H,1H3,(H4,6,7,8). The molecule has 0 saturated carbocycles. The van der Waals surface area contributed by atoms with Gasteiger partial charge >= 0.3 is 0 Å². The van der Waals surface area contributed by atoms with Crippen LogP contribution in [0.25, 0.3) is 0 Å². The topological polar surface area (TPSA) is 107 Å². The molecule has 1 aromatic heterocycles. The number of aromatic nitrogens is 2. The van der Waals surface area contributed by atoms with Crippen LogP contribution < -0.4 is 16.4 Å². The molecular weight excluding hydrogens is 148 g/mol. The highest BCUT2D eigenvalue weighted by Gasteiger charge is 2.08. The second kappa shape index (κ2) is 2.59. The Balaban J connectivity index is 3.25. The lowest BCUT2D eigenvalue weighted by molar-refractivity contribution is -0.141. The van der Waals surface area contributed by atoms with E-state index in [-0.39, 0.29) is 17.4 Å². The van der Waals surface area contributed by atoms with Gasteiger partial charge in [-0.25, -0.2) is 5.26 Å². The largest absolute Gasteiger partial charge is 0.394 e. The van der Waals surface area contributed by atoms with Crippen LogP contribution in [0.1, 0.15) is 5.56 Å². The lowest BCUT2D eigenvalue weighted by atomic mass is 10.3. The normalized spacial score (nSPS) is 9.64. The van der Waals surface area contributed by atoms with Crippen LogP contribution in [0, 0.1) is 6.92 Å². The van der Waals surface area contributed by atoms with Crippen molar-refractivity contribution in [3.63, 3.8) is 0 Å². The zero-order valence-electron chi connectivity index (χ0n) is 5.90. The first-order valence-corrected chi connectivity index (χ1v) is 2.86. The van der Waals surface area contributed by atoms with Crippen molar-refractivity contribution in [2.45, 2.75) is 6.92 Å². The zero-order chi connectivity index (χ0) is 8.43. The highest BCUT2D eigenvalue weighted by molar-refractivity contribution is 5.60. The van der Waals surface area contributed by atoms with E-state index < -0.39 is 0 Å². The zero-order valence-corrected chi connectivity index (χ0v) is 5.90. The minimum absolute atomic E-state index is 0.128. The molecule has 0 bridgehead atoms. The van der Waals surface area contributed by atoms with Gasteiger partial charge < -0.3 is 16.4 Å². The fourth-order valence-electron chi connectivity index (χ4n) is 0.594. The third kappa shape index (κ3) is 1.15. The molecule has 0 radical (unpaired) electrons. The molecular formula is C5H8N4O2. The first-order valence-electron chi connectivity index (χ1n) is 2.86. The molecule has 60 valence electrons. The van der Waals surface area contributed by atoms with Crippen molar-refractivity contribution in [3.05, 3.63) is 5.56 Å². The number of nitrogens with two attached hydrogens (primary N) is 2. The Morgan fingerprint density at radius 1 is 1.36 bits per heavy atom. The number of hydrogen-bond donors (Lipinski definition) is 3. The fraction of sp³-hybridized carbons (Fsp3) is 0.200. The van der Waals surface area contributed by atoms with Crippen molar-refractivity contribution in [1.29, 1.82) is 0 Å². The van der Waals surface area contributed by atoms with Crippen molar-refractivity contribution < 1.29 is 10.1 Å². The Morgan fingerprint density at radius 3 is 2.55 bits per heavy atom. The quantitative estimate of drug-likeness (QED) is 0.384. The van der Waals surface area contributed by atoms with Gasteiger partial charge in [-0.15, -0.1) is 10.2 Å². The van der Waals surface area contributed by atoms with E-state index in [1.54, 1.807) is 6.92 Å². The van der Waals surface area contributed by atoms with Gasteiger partial charge in [0.1, 0.15) is 5.69 Å². The van der Waals surface area contributed by atoms with Gasteiger partial charge in [-0.05, 0) is 6.92 Å². The highest BCUT2D eigenvalue weighted by Crippen LogP contribution is 2.23. The summed E-state index contributed by atoms with van der Waals surface area (Å²) in [4.78, 5) is 3.83. The molecule has 1 rings (SSSR count). The van der Waals surface area contributed by atoms with Gasteiger partial charge in [-0.3, -0.25) is 0 Å². The van der Waals surface area contributed by atoms with Crippen molar-refractivity contribution >= 4 is 11.5 Å². The highest BCUT2D eigenvalue weighted by atomic mass is 17.1. The lowest BCUT2D eigenvalue weighted by Crippen LogP contribution is -2.04. The summed E-state index contributed by atoms with van der Waals surface area (Å²) in [5.74, 6) is 0.0972. The average Bonchev–Trinajstić information content (AvgIpc) is 2.01. The van der Waals surface area contributed by atoms with Gasteiger partial charge in [0, 0.05) is 5.56 Å². The number of nitrogen functional groups attached to an aromatic ring is 2. The van der Waals surface area contributed by atoms with E-state index in [2.05, 4.69) is 15.1 Å². The van der Waals surface area contributed by atoms with Crippen LogP contribution >= 0.6 is 0 Å². The molecule has 0 atom stereocenters. The average molecular weight is 156 g/mol. The summed E-state index contributed by atoms with van der Waals surface area (Å²) < 4.78 is 0. The van der Waals surface area contributed by atoms with Gasteiger partial charge in [0.25, 0.3) is 5.88 Å². The molecule has 0 fully saturated rings. The summed E-state index contributed by atoms with van der Waals surface area (Å²) in [5.41, 5.74) is 11.5. The lowest BCUT2D eigenvalue weighted by Gasteiger charge is -2.03. The molecule has 0 aliphatic heterocycles. The Kier molecular flexibility index (Phi) is 1.77. The minimum atomic E-state index is -0.128. The van der Waals surface area contributed by atoms with Gasteiger partial charge in [0.05, 0.1) is 0 Å². The summed E-state index contributed by atoms with van der Waals surface area (Å²) in [6.45, 7) is 1.65. The fourth-order valence-corrected chi connectivity index (χ4v) is 0.594. The molecule has 0 aromatic carbocycles. The van der Waals surface area contributed by atoms with Crippen molar-refractivity contribution in [1.82, 2.24) is 10.2 Å². The van der Waals surface area contributed by atoms with Gasteiger partial charge in [-0.1, -0.05) is 0 Å². The van der Waals surface area contributed by atoms with E-state index in [1.165, 1.54) is 0 Å². The molecule has 1 aromatic rings. The third-order valence-corrected chi connectivity index (χ3v) is 1.35. The summed E-state index contributed by atoms with van der Waals surface area (Å²) >= 11 is 0. The maximum atomic E-state index is 8.21. The van der Waals surface area contributed by atoms with E-state index in [1.807, 2.05) is 0 Å². The van der Waals surface area contributed by atoms with Crippen molar-refractivity contribution in [3.8, 4) is 5.88 Å². The SMILES string of the molecule is Cc1c(N)nnc(OO)c1N. The van der Waals surface area contributed by atoms with Crippen LogP contribution in [-0.2, 0) is 0 Å². The number of anilines is 2. The first-order chi connectivity index (χ1) is 5.16. The van der Waals surface area contributed by atoms with Gasteiger partial charge in [-0.2, -0.15) is 0 Å².